The zero-order chi connectivity index (χ0) is 19.7. The third kappa shape index (κ3) is 6.37. The molecule has 0 saturated carbocycles. The average Bonchev–Trinajstić information content (AvgIpc) is 2.67. The molecule has 0 unspecified atom stereocenters. The first kappa shape index (κ1) is 21.5. The van der Waals surface area contributed by atoms with Crippen LogP contribution in [0.2, 0.25) is 0 Å². The third-order valence-electron chi connectivity index (χ3n) is 3.84. The van der Waals surface area contributed by atoms with Gasteiger partial charge in [-0.05, 0) is 55.0 Å². The Balaban J connectivity index is 2.07. The summed E-state index contributed by atoms with van der Waals surface area (Å²) in [4.78, 5) is 13.7. The Bertz CT molecular complexity index is 850. The second-order valence-corrected chi connectivity index (χ2v) is 8.98. The smallest absolute Gasteiger partial charge is 0.256 e. The normalized spacial score (nSPS) is 11.3. The van der Waals surface area contributed by atoms with E-state index in [2.05, 4.69) is 17.0 Å². The number of hydrogen-bond donors (Lipinski definition) is 2. The molecule has 2 aromatic carbocycles. The summed E-state index contributed by atoms with van der Waals surface area (Å²) >= 11 is 1.65. The van der Waals surface area contributed by atoms with Gasteiger partial charge in [0.2, 0.25) is 10.0 Å². The molecule has 1 amide bonds. The first-order valence-electron chi connectivity index (χ1n) is 9.10. The number of amides is 1. The van der Waals surface area contributed by atoms with Crippen LogP contribution in [0.5, 0.6) is 0 Å². The Morgan fingerprint density at radius 3 is 2.37 bits per heavy atom. The van der Waals surface area contributed by atoms with Crippen LogP contribution in [0.1, 0.15) is 43.5 Å². The molecular formula is C20H26N2O3S2. The van der Waals surface area contributed by atoms with Crippen molar-refractivity contribution < 1.29 is 13.2 Å². The van der Waals surface area contributed by atoms with Crippen molar-refractivity contribution in [3.63, 3.8) is 0 Å². The minimum atomic E-state index is -3.51. The maximum absolute atomic E-state index is 12.6. The van der Waals surface area contributed by atoms with E-state index in [1.54, 1.807) is 30.0 Å². The number of carbonyl (C=O) groups is 1. The fraction of sp³-hybridized carbons (Fsp3) is 0.350. The SMILES string of the molecule is CCCCNS(=O)(=O)c1ccc(NC(=O)c2ccccc2SCCC)cc1. The number of sulfonamides is 1. The van der Waals surface area contributed by atoms with Gasteiger partial charge in [-0.3, -0.25) is 4.79 Å². The van der Waals surface area contributed by atoms with Gasteiger partial charge >= 0.3 is 0 Å². The molecule has 0 heterocycles. The fourth-order valence-corrected chi connectivity index (χ4v) is 4.36. The molecule has 0 aliphatic carbocycles. The van der Waals surface area contributed by atoms with E-state index < -0.39 is 10.0 Å². The Labute approximate surface area is 166 Å². The number of nitrogens with one attached hydrogen (secondary N) is 2. The van der Waals surface area contributed by atoms with Gasteiger partial charge in [0, 0.05) is 17.1 Å². The Morgan fingerprint density at radius 1 is 1.00 bits per heavy atom. The lowest BCUT2D eigenvalue weighted by molar-refractivity contribution is 0.102. The predicted octanol–water partition coefficient (Wildman–Crippen LogP) is 4.52. The second kappa shape index (κ2) is 10.5. The van der Waals surface area contributed by atoms with E-state index in [1.807, 2.05) is 25.1 Å². The summed E-state index contributed by atoms with van der Waals surface area (Å²) in [5.41, 5.74) is 1.18. The lowest BCUT2D eigenvalue weighted by Gasteiger charge is -2.11. The lowest BCUT2D eigenvalue weighted by Crippen LogP contribution is -2.24. The molecular weight excluding hydrogens is 380 g/mol. The van der Waals surface area contributed by atoms with Crippen molar-refractivity contribution in [2.75, 3.05) is 17.6 Å². The Hall–Kier alpha value is -1.83. The van der Waals surface area contributed by atoms with Gasteiger partial charge in [-0.1, -0.05) is 32.4 Å². The van der Waals surface area contributed by atoms with Gasteiger partial charge in [0.05, 0.1) is 10.5 Å². The summed E-state index contributed by atoms with van der Waals surface area (Å²) < 4.78 is 27.0. The zero-order valence-electron chi connectivity index (χ0n) is 15.7. The van der Waals surface area contributed by atoms with Crippen LogP contribution in [0, 0.1) is 0 Å². The second-order valence-electron chi connectivity index (χ2n) is 6.07. The molecule has 2 rings (SSSR count). The molecule has 0 aliphatic rings. The van der Waals surface area contributed by atoms with Crippen molar-refractivity contribution >= 4 is 33.4 Å². The zero-order valence-corrected chi connectivity index (χ0v) is 17.3. The number of hydrogen-bond acceptors (Lipinski definition) is 4. The minimum Gasteiger partial charge on any atom is -0.322 e. The van der Waals surface area contributed by atoms with Crippen molar-refractivity contribution in [2.45, 2.75) is 42.9 Å². The highest BCUT2D eigenvalue weighted by Gasteiger charge is 2.14. The number of carbonyl (C=O) groups excluding carboxylic acids is 1. The number of anilines is 1. The molecule has 146 valence electrons. The molecule has 2 aromatic rings. The highest BCUT2D eigenvalue weighted by Crippen LogP contribution is 2.24. The molecule has 0 radical (unpaired) electrons. The average molecular weight is 407 g/mol. The van der Waals surface area contributed by atoms with Crippen LogP contribution in [0.25, 0.3) is 0 Å². The van der Waals surface area contributed by atoms with Crippen molar-refractivity contribution in [2.24, 2.45) is 0 Å². The van der Waals surface area contributed by atoms with Gasteiger partial charge in [0.25, 0.3) is 5.91 Å². The number of rotatable bonds is 10. The van der Waals surface area contributed by atoms with Crippen LogP contribution in [0.4, 0.5) is 5.69 Å². The fourth-order valence-electron chi connectivity index (χ4n) is 2.37. The van der Waals surface area contributed by atoms with E-state index in [9.17, 15) is 13.2 Å². The van der Waals surface area contributed by atoms with Crippen LogP contribution < -0.4 is 10.0 Å². The van der Waals surface area contributed by atoms with Gasteiger partial charge in [-0.2, -0.15) is 0 Å². The maximum Gasteiger partial charge on any atom is 0.256 e. The molecule has 0 bridgehead atoms. The van der Waals surface area contributed by atoms with E-state index in [0.717, 1.165) is 29.9 Å². The standard InChI is InChI=1S/C20H26N2O3S2/c1-3-5-14-21-27(24,25)17-12-10-16(11-13-17)22-20(23)18-8-6-7-9-19(18)26-15-4-2/h6-13,21H,3-5,14-15H2,1-2H3,(H,22,23). The third-order valence-corrected chi connectivity index (χ3v) is 6.59. The molecule has 5 nitrogen and oxygen atoms in total. The van der Waals surface area contributed by atoms with Crippen molar-refractivity contribution in [3.8, 4) is 0 Å². The molecule has 0 atom stereocenters. The van der Waals surface area contributed by atoms with E-state index in [4.69, 9.17) is 0 Å². The van der Waals surface area contributed by atoms with E-state index in [0.29, 0.717) is 17.8 Å². The van der Waals surface area contributed by atoms with E-state index in [1.165, 1.54) is 12.1 Å². The highest BCUT2D eigenvalue weighted by molar-refractivity contribution is 7.99. The molecule has 7 heteroatoms. The summed E-state index contributed by atoms with van der Waals surface area (Å²) in [6, 6.07) is 13.7. The molecule has 2 N–H and O–H groups in total. The lowest BCUT2D eigenvalue weighted by atomic mass is 10.2. The molecule has 0 aromatic heterocycles. The van der Waals surface area contributed by atoms with Gasteiger partial charge < -0.3 is 5.32 Å². The number of benzene rings is 2. The largest absolute Gasteiger partial charge is 0.322 e. The molecule has 0 spiro atoms. The topological polar surface area (TPSA) is 75.3 Å². The summed E-state index contributed by atoms with van der Waals surface area (Å²) in [5.74, 6) is 0.743. The molecule has 0 saturated heterocycles. The summed E-state index contributed by atoms with van der Waals surface area (Å²) in [7, 11) is -3.51. The van der Waals surface area contributed by atoms with Gasteiger partial charge in [-0.25, -0.2) is 13.1 Å². The summed E-state index contributed by atoms with van der Waals surface area (Å²) in [5, 5.41) is 2.84. The van der Waals surface area contributed by atoms with Crippen molar-refractivity contribution in [1.82, 2.24) is 4.72 Å². The van der Waals surface area contributed by atoms with Gasteiger partial charge in [-0.15, -0.1) is 11.8 Å². The van der Waals surface area contributed by atoms with E-state index in [-0.39, 0.29) is 10.8 Å². The van der Waals surface area contributed by atoms with Gasteiger partial charge in [0.15, 0.2) is 0 Å². The Kier molecular flexibility index (Phi) is 8.34. The quantitative estimate of drug-likeness (QED) is 0.449. The first-order chi connectivity index (χ1) is 13.0. The van der Waals surface area contributed by atoms with Crippen molar-refractivity contribution in [1.29, 1.82) is 0 Å². The number of unbranched alkanes of at least 4 members (excludes halogenated alkanes) is 1. The van der Waals surface area contributed by atoms with Crippen LogP contribution in [0.15, 0.2) is 58.3 Å². The molecule has 0 aliphatic heterocycles. The van der Waals surface area contributed by atoms with Crippen molar-refractivity contribution in [3.05, 3.63) is 54.1 Å². The van der Waals surface area contributed by atoms with Gasteiger partial charge in [0.1, 0.15) is 0 Å². The molecule has 0 fully saturated rings. The van der Waals surface area contributed by atoms with Crippen LogP contribution >= 0.6 is 11.8 Å². The van der Waals surface area contributed by atoms with Crippen LogP contribution in [-0.2, 0) is 10.0 Å². The maximum atomic E-state index is 12.6. The Morgan fingerprint density at radius 2 is 1.70 bits per heavy atom. The highest BCUT2D eigenvalue weighted by atomic mass is 32.2. The summed E-state index contributed by atoms with van der Waals surface area (Å²) in [6.45, 7) is 4.52. The predicted molar refractivity (Wildman–Crippen MR) is 112 cm³/mol. The molecule has 27 heavy (non-hydrogen) atoms. The first-order valence-corrected chi connectivity index (χ1v) is 11.6. The van der Waals surface area contributed by atoms with E-state index >= 15 is 0 Å². The monoisotopic (exact) mass is 406 g/mol. The van der Waals surface area contributed by atoms with Crippen LogP contribution in [-0.4, -0.2) is 26.6 Å². The number of thioether (sulfide) groups is 1. The minimum absolute atomic E-state index is 0.190. The summed E-state index contributed by atoms with van der Waals surface area (Å²) in [6.07, 6.45) is 2.75. The van der Waals surface area contributed by atoms with Crippen LogP contribution in [0.3, 0.4) is 0 Å².